The third-order valence-electron chi connectivity index (χ3n) is 3.11. The molecule has 3 rings (SSSR count). The van der Waals surface area contributed by atoms with Gasteiger partial charge in [-0.05, 0) is 18.1 Å². The average molecular weight is 284 g/mol. The standard InChI is InChI=1S/C15H16N4S/c1-2-11-8-12-13(18-15(16)19-14(12)20-11)17-9-10-6-4-3-5-7-10/h3-8H,2,9H2,1H3,(H3,16,17,18,19). The highest BCUT2D eigenvalue weighted by Crippen LogP contribution is 2.30. The quantitative estimate of drug-likeness (QED) is 0.770. The molecule has 0 radical (unpaired) electrons. The van der Waals surface area contributed by atoms with E-state index < -0.39 is 0 Å². The maximum Gasteiger partial charge on any atom is 0.223 e. The van der Waals surface area contributed by atoms with Crippen molar-refractivity contribution in [3.05, 3.63) is 46.8 Å². The van der Waals surface area contributed by atoms with Crippen molar-refractivity contribution in [3.63, 3.8) is 0 Å². The zero-order chi connectivity index (χ0) is 13.9. The van der Waals surface area contributed by atoms with Crippen LogP contribution in [0.2, 0.25) is 0 Å². The predicted molar refractivity (Wildman–Crippen MR) is 85.0 cm³/mol. The zero-order valence-corrected chi connectivity index (χ0v) is 12.1. The van der Waals surface area contributed by atoms with Gasteiger partial charge in [-0.1, -0.05) is 37.3 Å². The summed E-state index contributed by atoms with van der Waals surface area (Å²) < 4.78 is 0. The highest BCUT2D eigenvalue weighted by atomic mass is 32.1. The molecule has 0 fully saturated rings. The molecule has 20 heavy (non-hydrogen) atoms. The number of nitrogens with one attached hydrogen (secondary N) is 1. The van der Waals surface area contributed by atoms with Gasteiger partial charge in [-0.15, -0.1) is 11.3 Å². The fourth-order valence-corrected chi connectivity index (χ4v) is 3.05. The molecule has 0 atom stereocenters. The van der Waals surface area contributed by atoms with E-state index in [1.807, 2.05) is 18.2 Å². The molecule has 2 aromatic heterocycles. The molecule has 0 aliphatic carbocycles. The molecule has 0 saturated heterocycles. The van der Waals surface area contributed by atoms with Gasteiger partial charge in [0.1, 0.15) is 10.6 Å². The summed E-state index contributed by atoms with van der Waals surface area (Å²) in [5.41, 5.74) is 7.00. The van der Waals surface area contributed by atoms with Crippen molar-refractivity contribution in [3.8, 4) is 0 Å². The molecule has 102 valence electrons. The molecular formula is C15H16N4S. The van der Waals surface area contributed by atoms with E-state index >= 15 is 0 Å². The Morgan fingerprint density at radius 2 is 2.00 bits per heavy atom. The number of nitrogens with zero attached hydrogens (tertiary/aromatic N) is 2. The third kappa shape index (κ3) is 2.58. The van der Waals surface area contributed by atoms with Crippen LogP contribution in [0.15, 0.2) is 36.4 Å². The van der Waals surface area contributed by atoms with E-state index in [0.29, 0.717) is 5.95 Å². The molecule has 2 heterocycles. The molecule has 1 aromatic carbocycles. The minimum atomic E-state index is 0.317. The zero-order valence-electron chi connectivity index (χ0n) is 11.3. The van der Waals surface area contributed by atoms with Crippen LogP contribution >= 0.6 is 11.3 Å². The van der Waals surface area contributed by atoms with E-state index in [9.17, 15) is 0 Å². The maximum absolute atomic E-state index is 5.79. The van der Waals surface area contributed by atoms with Gasteiger partial charge in [0.05, 0.1) is 5.39 Å². The Bertz CT molecular complexity index is 721. The number of fused-ring (bicyclic) bond motifs is 1. The minimum absolute atomic E-state index is 0.317. The first kappa shape index (κ1) is 12.9. The Morgan fingerprint density at radius 1 is 1.20 bits per heavy atom. The fraction of sp³-hybridized carbons (Fsp3) is 0.200. The van der Waals surface area contributed by atoms with E-state index in [4.69, 9.17) is 5.73 Å². The van der Waals surface area contributed by atoms with Gasteiger partial charge in [0, 0.05) is 11.4 Å². The summed E-state index contributed by atoms with van der Waals surface area (Å²) in [6.45, 7) is 2.86. The van der Waals surface area contributed by atoms with Crippen molar-refractivity contribution in [1.82, 2.24) is 9.97 Å². The second kappa shape index (κ2) is 5.46. The molecular weight excluding hydrogens is 268 g/mol. The lowest BCUT2D eigenvalue weighted by Gasteiger charge is -2.07. The summed E-state index contributed by atoms with van der Waals surface area (Å²) in [5, 5.41) is 4.41. The summed E-state index contributed by atoms with van der Waals surface area (Å²) in [6, 6.07) is 12.4. The number of benzene rings is 1. The smallest absolute Gasteiger partial charge is 0.223 e. The number of nitrogens with two attached hydrogens (primary N) is 1. The number of aryl methyl sites for hydroxylation is 1. The van der Waals surface area contributed by atoms with Gasteiger partial charge in [-0.2, -0.15) is 4.98 Å². The Kier molecular flexibility index (Phi) is 3.52. The van der Waals surface area contributed by atoms with E-state index in [-0.39, 0.29) is 0 Å². The van der Waals surface area contributed by atoms with Crippen LogP contribution in [0.5, 0.6) is 0 Å². The van der Waals surface area contributed by atoms with Crippen molar-refractivity contribution in [2.24, 2.45) is 0 Å². The molecule has 0 amide bonds. The van der Waals surface area contributed by atoms with Gasteiger partial charge in [-0.3, -0.25) is 0 Å². The number of aromatic nitrogens is 2. The minimum Gasteiger partial charge on any atom is -0.368 e. The predicted octanol–water partition coefficient (Wildman–Crippen LogP) is 3.45. The topological polar surface area (TPSA) is 63.8 Å². The van der Waals surface area contributed by atoms with Gasteiger partial charge < -0.3 is 11.1 Å². The largest absolute Gasteiger partial charge is 0.368 e. The summed E-state index contributed by atoms with van der Waals surface area (Å²) in [4.78, 5) is 10.9. The SMILES string of the molecule is CCc1cc2c(NCc3ccccc3)nc(N)nc2s1. The monoisotopic (exact) mass is 284 g/mol. The number of nitrogen functional groups attached to an aromatic ring is 1. The molecule has 0 aliphatic heterocycles. The lowest BCUT2D eigenvalue weighted by molar-refractivity contribution is 1.11. The van der Waals surface area contributed by atoms with Gasteiger partial charge in [0.25, 0.3) is 0 Å². The van der Waals surface area contributed by atoms with Crippen LogP contribution in [0, 0.1) is 0 Å². The van der Waals surface area contributed by atoms with Gasteiger partial charge in [-0.25, -0.2) is 4.98 Å². The Morgan fingerprint density at radius 3 is 2.75 bits per heavy atom. The lowest BCUT2D eigenvalue weighted by Crippen LogP contribution is -2.04. The second-order valence-electron chi connectivity index (χ2n) is 4.55. The van der Waals surface area contributed by atoms with Crippen LogP contribution in [0.25, 0.3) is 10.2 Å². The molecule has 0 bridgehead atoms. The first-order valence-corrected chi connectivity index (χ1v) is 7.41. The molecule has 0 saturated carbocycles. The van der Waals surface area contributed by atoms with Crippen LogP contribution in [0.3, 0.4) is 0 Å². The first-order valence-electron chi connectivity index (χ1n) is 6.60. The van der Waals surface area contributed by atoms with Gasteiger partial charge >= 0.3 is 0 Å². The van der Waals surface area contributed by atoms with Crippen LogP contribution < -0.4 is 11.1 Å². The molecule has 3 N–H and O–H groups in total. The maximum atomic E-state index is 5.79. The first-order chi connectivity index (χ1) is 9.76. The number of anilines is 2. The molecule has 5 heteroatoms. The molecule has 3 aromatic rings. The Labute approximate surface area is 121 Å². The van der Waals surface area contributed by atoms with Crippen LogP contribution in [-0.4, -0.2) is 9.97 Å². The van der Waals surface area contributed by atoms with Crippen molar-refractivity contribution in [1.29, 1.82) is 0 Å². The van der Waals surface area contributed by atoms with Gasteiger partial charge in [0.2, 0.25) is 5.95 Å². The van der Waals surface area contributed by atoms with Gasteiger partial charge in [0.15, 0.2) is 0 Å². The summed E-state index contributed by atoms with van der Waals surface area (Å²) in [7, 11) is 0. The summed E-state index contributed by atoms with van der Waals surface area (Å²) >= 11 is 1.68. The highest BCUT2D eigenvalue weighted by molar-refractivity contribution is 7.18. The number of hydrogen-bond acceptors (Lipinski definition) is 5. The van der Waals surface area contributed by atoms with Crippen LogP contribution in [0.1, 0.15) is 17.4 Å². The fourth-order valence-electron chi connectivity index (χ4n) is 2.08. The third-order valence-corrected chi connectivity index (χ3v) is 4.29. The Hall–Kier alpha value is -2.14. The molecule has 0 spiro atoms. The summed E-state index contributed by atoms with van der Waals surface area (Å²) in [5.74, 6) is 1.13. The normalized spacial score (nSPS) is 10.8. The number of thiophene rings is 1. The van der Waals surface area contributed by atoms with Crippen molar-refractivity contribution < 1.29 is 0 Å². The van der Waals surface area contributed by atoms with Crippen LogP contribution in [-0.2, 0) is 13.0 Å². The van der Waals surface area contributed by atoms with Crippen LogP contribution in [0.4, 0.5) is 11.8 Å². The number of rotatable bonds is 4. The van der Waals surface area contributed by atoms with E-state index in [1.165, 1.54) is 10.4 Å². The summed E-state index contributed by atoms with van der Waals surface area (Å²) in [6.07, 6.45) is 0.999. The average Bonchev–Trinajstić information content (AvgIpc) is 2.88. The van der Waals surface area contributed by atoms with E-state index in [1.54, 1.807) is 11.3 Å². The van der Waals surface area contributed by atoms with E-state index in [2.05, 4.69) is 40.4 Å². The second-order valence-corrected chi connectivity index (χ2v) is 5.67. The Balaban J connectivity index is 1.92. The van der Waals surface area contributed by atoms with Crippen molar-refractivity contribution >= 4 is 33.3 Å². The molecule has 4 nitrogen and oxygen atoms in total. The van der Waals surface area contributed by atoms with E-state index in [0.717, 1.165) is 29.0 Å². The molecule has 0 unspecified atom stereocenters. The van der Waals surface area contributed by atoms with Crippen molar-refractivity contribution in [2.45, 2.75) is 19.9 Å². The highest BCUT2D eigenvalue weighted by Gasteiger charge is 2.09. The van der Waals surface area contributed by atoms with Crippen molar-refractivity contribution in [2.75, 3.05) is 11.1 Å². The molecule has 0 aliphatic rings. The number of hydrogen-bond donors (Lipinski definition) is 2. The lowest BCUT2D eigenvalue weighted by atomic mass is 10.2.